The van der Waals surface area contributed by atoms with Crippen LogP contribution in [0.1, 0.15) is 0 Å². The number of hydrogen-bond acceptors (Lipinski definition) is 2. The lowest BCUT2D eigenvalue weighted by Crippen LogP contribution is -1.82. The van der Waals surface area contributed by atoms with Crippen molar-refractivity contribution in [2.75, 3.05) is 0 Å². The quantitative estimate of drug-likeness (QED) is 0.644. The van der Waals surface area contributed by atoms with Crippen LogP contribution in [-0.2, 0) is 0 Å². The highest BCUT2D eigenvalue weighted by Crippen LogP contribution is 2.31. The van der Waals surface area contributed by atoms with E-state index in [1.165, 1.54) is 0 Å². The maximum absolute atomic E-state index is 13.5. The zero-order chi connectivity index (χ0) is 11.3. The molecule has 80 valence electrons. The summed E-state index contributed by atoms with van der Waals surface area (Å²) in [4.78, 5) is 10.9. The molecule has 0 amide bonds. The van der Waals surface area contributed by atoms with Crippen LogP contribution >= 0.6 is 27.5 Å². The maximum Gasteiger partial charge on any atom is 0.165 e. The fourth-order valence-corrected chi connectivity index (χ4v) is 2.24. The first-order valence-electron chi connectivity index (χ1n) is 4.44. The van der Waals surface area contributed by atoms with Gasteiger partial charge in [-0.2, -0.15) is 0 Å². The SMILES string of the molecule is Fc1cnc(Cl)c2c1[nH]c1cc(Br)cnc12. The second-order valence-corrected chi connectivity index (χ2v) is 4.60. The van der Waals surface area contributed by atoms with Crippen molar-refractivity contribution >= 4 is 49.5 Å². The number of fused-ring (bicyclic) bond motifs is 3. The highest BCUT2D eigenvalue weighted by molar-refractivity contribution is 9.10. The molecule has 0 saturated heterocycles. The highest BCUT2D eigenvalue weighted by Gasteiger charge is 2.13. The summed E-state index contributed by atoms with van der Waals surface area (Å²) in [5, 5.41) is 0.765. The summed E-state index contributed by atoms with van der Waals surface area (Å²) < 4.78 is 14.3. The van der Waals surface area contributed by atoms with E-state index in [0.29, 0.717) is 16.4 Å². The van der Waals surface area contributed by atoms with Gasteiger partial charge in [-0.1, -0.05) is 11.6 Å². The van der Waals surface area contributed by atoms with Crippen LogP contribution in [0.4, 0.5) is 4.39 Å². The van der Waals surface area contributed by atoms with E-state index in [9.17, 15) is 4.39 Å². The predicted molar refractivity (Wildman–Crippen MR) is 64.1 cm³/mol. The van der Waals surface area contributed by atoms with Crippen LogP contribution in [-0.4, -0.2) is 15.0 Å². The van der Waals surface area contributed by atoms with E-state index in [2.05, 4.69) is 30.9 Å². The average Bonchev–Trinajstić information content (AvgIpc) is 2.63. The molecule has 0 fully saturated rings. The van der Waals surface area contributed by atoms with E-state index < -0.39 is 5.82 Å². The Balaban J connectivity index is 2.60. The molecular weight excluding hydrogens is 296 g/mol. The Kier molecular flexibility index (Phi) is 2.12. The fraction of sp³-hybridized carbons (Fsp3) is 0. The Labute approximate surface area is 103 Å². The second-order valence-electron chi connectivity index (χ2n) is 3.32. The topological polar surface area (TPSA) is 41.6 Å². The van der Waals surface area contributed by atoms with E-state index in [1.807, 2.05) is 6.07 Å². The Morgan fingerprint density at radius 2 is 2.12 bits per heavy atom. The van der Waals surface area contributed by atoms with Gasteiger partial charge in [0.1, 0.15) is 5.15 Å². The fourth-order valence-electron chi connectivity index (χ4n) is 1.67. The molecule has 0 bridgehead atoms. The van der Waals surface area contributed by atoms with Crippen LogP contribution in [0.3, 0.4) is 0 Å². The van der Waals surface area contributed by atoms with Gasteiger partial charge in [-0.25, -0.2) is 9.37 Å². The van der Waals surface area contributed by atoms with Crippen molar-refractivity contribution in [1.29, 1.82) is 0 Å². The highest BCUT2D eigenvalue weighted by atomic mass is 79.9. The molecule has 0 spiro atoms. The third kappa shape index (κ3) is 1.32. The normalized spacial score (nSPS) is 11.4. The van der Waals surface area contributed by atoms with Gasteiger partial charge in [-0.05, 0) is 22.0 Å². The van der Waals surface area contributed by atoms with Gasteiger partial charge in [0.2, 0.25) is 0 Å². The molecule has 3 nitrogen and oxygen atoms in total. The summed E-state index contributed by atoms with van der Waals surface area (Å²) in [5.41, 5.74) is 1.67. The second kappa shape index (κ2) is 3.40. The molecule has 3 aromatic rings. The summed E-state index contributed by atoms with van der Waals surface area (Å²) in [5.74, 6) is -0.437. The number of halogens is 3. The molecule has 0 saturated carbocycles. The lowest BCUT2D eigenvalue weighted by Gasteiger charge is -1.94. The summed E-state index contributed by atoms with van der Waals surface area (Å²) >= 11 is 9.24. The molecule has 0 aliphatic carbocycles. The summed E-state index contributed by atoms with van der Waals surface area (Å²) in [6.07, 6.45) is 2.73. The monoisotopic (exact) mass is 299 g/mol. The van der Waals surface area contributed by atoms with Crippen molar-refractivity contribution in [1.82, 2.24) is 15.0 Å². The largest absolute Gasteiger partial charge is 0.351 e. The standard InChI is InChI=1S/C10H4BrClFN3/c11-4-1-6-9(14-2-4)7-8(16-6)5(13)3-15-10(7)12/h1-3,16H. The maximum atomic E-state index is 13.5. The number of H-pyrrole nitrogens is 1. The number of nitrogens with one attached hydrogen (secondary N) is 1. The zero-order valence-corrected chi connectivity index (χ0v) is 10.1. The first kappa shape index (κ1) is 9.99. The Morgan fingerprint density at radius 3 is 2.94 bits per heavy atom. The Hall–Kier alpha value is -1.20. The number of nitrogens with zero attached hydrogens (tertiary/aromatic N) is 2. The molecule has 0 atom stereocenters. The van der Waals surface area contributed by atoms with Gasteiger partial charge in [0.05, 0.1) is 28.1 Å². The smallest absolute Gasteiger partial charge is 0.165 e. The first-order chi connectivity index (χ1) is 7.66. The molecule has 0 radical (unpaired) electrons. The molecule has 3 heterocycles. The summed E-state index contributed by atoms with van der Waals surface area (Å²) in [6.45, 7) is 0. The van der Waals surface area contributed by atoms with Gasteiger partial charge in [-0.3, -0.25) is 4.98 Å². The van der Waals surface area contributed by atoms with Crippen molar-refractivity contribution in [3.8, 4) is 0 Å². The summed E-state index contributed by atoms with van der Waals surface area (Å²) in [6, 6.07) is 1.82. The van der Waals surface area contributed by atoms with Crippen molar-refractivity contribution in [2.24, 2.45) is 0 Å². The molecule has 3 rings (SSSR count). The van der Waals surface area contributed by atoms with E-state index in [0.717, 1.165) is 16.2 Å². The Bertz CT molecular complexity index is 710. The molecule has 1 N–H and O–H groups in total. The van der Waals surface area contributed by atoms with E-state index in [1.54, 1.807) is 6.20 Å². The molecule has 6 heteroatoms. The molecule has 3 aromatic heterocycles. The number of aromatic amines is 1. The zero-order valence-electron chi connectivity index (χ0n) is 7.76. The van der Waals surface area contributed by atoms with Crippen LogP contribution in [0.2, 0.25) is 5.15 Å². The average molecular weight is 301 g/mol. The number of hydrogen-bond donors (Lipinski definition) is 1. The van der Waals surface area contributed by atoms with E-state index >= 15 is 0 Å². The number of rotatable bonds is 0. The van der Waals surface area contributed by atoms with Crippen molar-refractivity contribution in [3.05, 3.63) is 33.9 Å². The predicted octanol–water partition coefficient (Wildman–Crippen LogP) is 3.67. The molecule has 16 heavy (non-hydrogen) atoms. The van der Waals surface area contributed by atoms with Gasteiger partial charge >= 0.3 is 0 Å². The third-order valence-electron chi connectivity index (χ3n) is 2.34. The van der Waals surface area contributed by atoms with Crippen molar-refractivity contribution in [2.45, 2.75) is 0 Å². The Morgan fingerprint density at radius 1 is 1.31 bits per heavy atom. The number of aromatic nitrogens is 3. The molecule has 0 aromatic carbocycles. The van der Waals surface area contributed by atoms with Crippen molar-refractivity contribution in [3.63, 3.8) is 0 Å². The van der Waals surface area contributed by atoms with Crippen LogP contribution in [0.5, 0.6) is 0 Å². The minimum atomic E-state index is -0.437. The van der Waals surface area contributed by atoms with Crippen LogP contribution in [0.25, 0.3) is 21.9 Å². The molecule has 0 unspecified atom stereocenters. The first-order valence-corrected chi connectivity index (χ1v) is 5.61. The van der Waals surface area contributed by atoms with Gasteiger partial charge in [0, 0.05) is 10.7 Å². The van der Waals surface area contributed by atoms with E-state index in [4.69, 9.17) is 11.6 Å². The molecule has 0 aliphatic heterocycles. The lowest BCUT2D eigenvalue weighted by atomic mass is 10.3. The van der Waals surface area contributed by atoms with Crippen LogP contribution in [0.15, 0.2) is 22.9 Å². The van der Waals surface area contributed by atoms with Crippen LogP contribution < -0.4 is 0 Å². The lowest BCUT2D eigenvalue weighted by molar-refractivity contribution is 0.631. The molecular formula is C10H4BrClFN3. The minimum absolute atomic E-state index is 0.248. The van der Waals surface area contributed by atoms with Gasteiger partial charge in [0.15, 0.2) is 5.82 Å². The van der Waals surface area contributed by atoms with Crippen molar-refractivity contribution < 1.29 is 4.39 Å². The minimum Gasteiger partial charge on any atom is -0.351 e. The summed E-state index contributed by atoms with van der Waals surface area (Å²) in [7, 11) is 0. The van der Waals surface area contributed by atoms with Gasteiger partial charge in [0.25, 0.3) is 0 Å². The van der Waals surface area contributed by atoms with Gasteiger partial charge in [-0.15, -0.1) is 0 Å². The third-order valence-corrected chi connectivity index (χ3v) is 3.06. The molecule has 0 aliphatic rings. The van der Waals surface area contributed by atoms with E-state index in [-0.39, 0.29) is 5.15 Å². The number of pyridine rings is 2. The van der Waals surface area contributed by atoms with Gasteiger partial charge < -0.3 is 4.98 Å². The van der Waals surface area contributed by atoms with Crippen LogP contribution in [0, 0.1) is 5.82 Å².